The Morgan fingerprint density at radius 1 is 1.50 bits per heavy atom. The fraction of sp³-hybridized carbons (Fsp3) is 0.200. The highest BCUT2D eigenvalue weighted by molar-refractivity contribution is 9.10. The molecular weight excluding hydrogens is 293 g/mol. The SMILES string of the molecule is Cc1cc(Br)c(F)cc1NCc1csnn1. The predicted octanol–water partition coefficient (Wildman–Crippen LogP) is 3.36. The van der Waals surface area contributed by atoms with Crippen molar-refractivity contribution in [1.82, 2.24) is 9.59 Å². The fourth-order valence-corrected chi connectivity index (χ4v) is 2.19. The number of nitrogens with zero attached hydrogens (tertiary/aromatic N) is 2. The van der Waals surface area contributed by atoms with Gasteiger partial charge in [-0.2, -0.15) is 0 Å². The first kappa shape index (κ1) is 11.5. The first-order chi connectivity index (χ1) is 7.66. The van der Waals surface area contributed by atoms with E-state index in [9.17, 15) is 4.39 Å². The standard InChI is InChI=1S/C10H9BrFN3S/c1-6-2-8(11)9(12)3-10(6)13-4-7-5-16-15-14-7/h2-3,5,13H,4H2,1H3. The van der Waals surface area contributed by atoms with Crippen molar-refractivity contribution in [3.8, 4) is 0 Å². The van der Waals surface area contributed by atoms with Crippen LogP contribution in [-0.4, -0.2) is 9.59 Å². The maximum absolute atomic E-state index is 13.3. The third-order valence-electron chi connectivity index (χ3n) is 2.13. The number of anilines is 1. The Morgan fingerprint density at radius 2 is 2.31 bits per heavy atom. The molecule has 84 valence electrons. The van der Waals surface area contributed by atoms with Gasteiger partial charge in [0.2, 0.25) is 0 Å². The highest BCUT2D eigenvalue weighted by atomic mass is 79.9. The number of aromatic nitrogens is 2. The average Bonchev–Trinajstić information content (AvgIpc) is 2.74. The topological polar surface area (TPSA) is 37.8 Å². The van der Waals surface area contributed by atoms with E-state index >= 15 is 0 Å². The van der Waals surface area contributed by atoms with E-state index in [1.807, 2.05) is 12.3 Å². The number of benzene rings is 1. The number of aryl methyl sites for hydroxylation is 1. The van der Waals surface area contributed by atoms with Gasteiger partial charge >= 0.3 is 0 Å². The molecule has 0 amide bonds. The molecule has 0 atom stereocenters. The molecule has 0 aliphatic carbocycles. The molecule has 0 fully saturated rings. The molecule has 1 aromatic heterocycles. The molecule has 0 spiro atoms. The average molecular weight is 302 g/mol. The number of rotatable bonds is 3. The van der Waals surface area contributed by atoms with Gasteiger partial charge in [0, 0.05) is 11.1 Å². The Morgan fingerprint density at radius 3 is 3.00 bits per heavy atom. The lowest BCUT2D eigenvalue weighted by Gasteiger charge is -2.09. The highest BCUT2D eigenvalue weighted by Gasteiger charge is 2.05. The molecule has 0 radical (unpaired) electrons. The molecule has 1 N–H and O–H groups in total. The van der Waals surface area contributed by atoms with Crippen molar-refractivity contribution in [2.24, 2.45) is 0 Å². The lowest BCUT2D eigenvalue weighted by Crippen LogP contribution is -2.02. The van der Waals surface area contributed by atoms with Crippen molar-refractivity contribution >= 4 is 33.1 Å². The van der Waals surface area contributed by atoms with Crippen LogP contribution in [0.25, 0.3) is 0 Å². The Hall–Kier alpha value is -1.01. The summed E-state index contributed by atoms with van der Waals surface area (Å²) in [7, 11) is 0. The third kappa shape index (κ3) is 2.56. The summed E-state index contributed by atoms with van der Waals surface area (Å²) in [5, 5.41) is 8.89. The van der Waals surface area contributed by atoms with E-state index in [0.717, 1.165) is 16.9 Å². The summed E-state index contributed by atoms with van der Waals surface area (Å²) in [6.07, 6.45) is 0. The van der Waals surface area contributed by atoms with Gasteiger partial charge in [0.15, 0.2) is 0 Å². The van der Waals surface area contributed by atoms with Crippen LogP contribution in [-0.2, 0) is 6.54 Å². The monoisotopic (exact) mass is 301 g/mol. The zero-order chi connectivity index (χ0) is 11.5. The fourth-order valence-electron chi connectivity index (χ4n) is 1.28. The molecule has 0 saturated carbocycles. The molecule has 0 bridgehead atoms. The van der Waals surface area contributed by atoms with E-state index < -0.39 is 0 Å². The molecule has 0 aliphatic heterocycles. The smallest absolute Gasteiger partial charge is 0.139 e. The van der Waals surface area contributed by atoms with Crippen molar-refractivity contribution in [1.29, 1.82) is 0 Å². The first-order valence-corrected chi connectivity index (χ1v) is 6.25. The van der Waals surface area contributed by atoms with Crippen LogP contribution in [0.4, 0.5) is 10.1 Å². The van der Waals surface area contributed by atoms with E-state index in [-0.39, 0.29) is 5.82 Å². The maximum atomic E-state index is 13.3. The van der Waals surface area contributed by atoms with Gasteiger partial charge in [-0.05, 0) is 52.1 Å². The molecule has 3 nitrogen and oxygen atoms in total. The minimum atomic E-state index is -0.274. The first-order valence-electron chi connectivity index (χ1n) is 4.62. The van der Waals surface area contributed by atoms with E-state index in [0.29, 0.717) is 11.0 Å². The second-order valence-electron chi connectivity index (χ2n) is 3.33. The quantitative estimate of drug-likeness (QED) is 0.944. The van der Waals surface area contributed by atoms with Crippen LogP contribution < -0.4 is 5.32 Å². The Balaban J connectivity index is 2.12. The van der Waals surface area contributed by atoms with E-state index in [4.69, 9.17) is 0 Å². The third-order valence-corrected chi connectivity index (χ3v) is 3.29. The lowest BCUT2D eigenvalue weighted by molar-refractivity contribution is 0.621. The molecule has 6 heteroatoms. The van der Waals surface area contributed by atoms with Crippen LogP contribution >= 0.6 is 27.5 Å². The van der Waals surface area contributed by atoms with Crippen molar-refractivity contribution in [3.63, 3.8) is 0 Å². The normalized spacial score (nSPS) is 10.4. The molecule has 0 unspecified atom stereocenters. The summed E-state index contributed by atoms with van der Waals surface area (Å²) in [6.45, 7) is 2.48. The molecule has 0 aliphatic rings. The van der Waals surface area contributed by atoms with Gasteiger partial charge in [-0.25, -0.2) is 4.39 Å². The maximum Gasteiger partial charge on any atom is 0.139 e. The van der Waals surface area contributed by atoms with Gasteiger partial charge < -0.3 is 5.32 Å². The summed E-state index contributed by atoms with van der Waals surface area (Å²) in [5.74, 6) is -0.274. The summed E-state index contributed by atoms with van der Waals surface area (Å²) in [5.41, 5.74) is 2.61. The van der Waals surface area contributed by atoms with E-state index in [1.54, 1.807) is 6.07 Å². The Labute approximate surface area is 105 Å². The zero-order valence-electron chi connectivity index (χ0n) is 8.50. The largest absolute Gasteiger partial charge is 0.379 e. The molecule has 1 heterocycles. The van der Waals surface area contributed by atoms with Crippen LogP contribution in [0.15, 0.2) is 22.0 Å². The van der Waals surface area contributed by atoms with E-state index in [1.165, 1.54) is 17.6 Å². The number of nitrogens with one attached hydrogen (secondary N) is 1. The van der Waals surface area contributed by atoms with Gasteiger partial charge in [0.05, 0.1) is 16.7 Å². The van der Waals surface area contributed by atoms with Crippen LogP contribution in [0, 0.1) is 12.7 Å². The van der Waals surface area contributed by atoms with Gasteiger partial charge in [-0.15, -0.1) is 5.10 Å². The van der Waals surface area contributed by atoms with Gasteiger partial charge in [0.25, 0.3) is 0 Å². The second kappa shape index (κ2) is 4.88. The Bertz CT molecular complexity index is 487. The number of halogens is 2. The van der Waals surface area contributed by atoms with Crippen LogP contribution in [0.5, 0.6) is 0 Å². The zero-order valence-corrected chi connectivity index (χ0v) is 10.9. The minimum Gasteiger partial charge on any atom is -0.379 e. The molecule has 2 aromatic rings. The summed E-state index contributed by atoms with van der Waals surface area (Å²) >= 11 is 4.45. The summed E-state index contributed by atoms with van der Waals surface area (Å²) in [4.78, 5) is 0. The van der Waals surface area contributed by atoms with Crippen LogP contribution in [0.3, 0.4) is 0 Å². The van der Waals surface area contributed by atoms with Crippen LogP contribution in [0.1, 0.15) is 11.3 Å². The lowest BCUT2D eigenvalue weighted by atomic mass is 10.2. The summed E-state index contributed by atoms with van der Waals surface area (Å²) < 4.78 is 17.5. The number of hydrogen-bond donors (Lipinski definition) is 1. The molecule has 16 heavy (non-hydrogen) atoms. The predicted molar refractivity (Wildman–Crippen MR) is 66.1 cm³/mol. The molecular formula is C10H9BrFN3S. The molecule has 1 aromatic carbocycles. The second-order valence-corrected chi connectivity index (χ2v) is 4.80. The summed E-state index contributed by atoms with van der Waals surface area (Å²) in [6, 6.07) is 3.22. The molecule has 0 saturated heterocycles. The Kier molecular flexibility index (Phi) is 3.50. The van der Waals surface area contributed by atoms with Crippen LogP contribution in [0.2, 0.25) is 0 Å². The van der Waals surface area contributed by atoms with Crippen molar-refractivity contribution < 1.29 is 4.39 Å². The number of hydrogen-bond acceptors (Lipinski definition) is 4. The van der Waals surface area contributed by atoms with Crippen molar-refractivity contribution in [2.75, 3.05) is 5.32 Å². The van der Waals surface area contributed by atoms with Crippen molar-refractivity contribution in [3.05, 3.63) is 39.1 Å². The van der Waals surface area contributed by atoms with Crippen molar-refractivity contribution in [2.45, 2.75) is 13.5 Å². The highest BCUT2D eigenvalue weighted by Crippen LogP contribution is 2.24. The van der Waals surface area contributed by atoms with Gasteiger partial charge in [0.1, 0.15) is 5.82 Å². The van der Waals surface area contributed by atoms with E-state index in [2.05, 4.69) is 30.8 Å². The molecule has 2 rings (SSSR count). The minimum absolute atomic E-state index is 0.274. The van der Waals surface area contributed by atoms with Gasteiger partial charge in [-0.3, -0.25) is 0 Å². The van der Waals surface area contributed by atoms with Gasteiger partial charge in [-0.1, -0.05) is 4.49 Å².